The standard InChI is InChI=1S/C13H17N3O/c14-16-12(9-13-4-2-8-17-13)6-5-11-3-1-7-15-10-11/h1-4,7-8,10,12,16H,5-6,9,14H2. The van der Waals surface area contributed by atoms with E-state index in [0.29, 0.717) is 0 Å². The van der Waals surface area contributed by atoms with Crippen LogP contribution in [-0.2, 0) is 12.8 Å². The van der Waals surface area contributed by atoms with Crippen LogP contribution in [0.2, 0.25) is 0 Å². The molecular weight excluding hydrogens is 214 g/mol. The van der Waals surface area contributed by atoms with E-state index in [4.69, 9.17) is 10.3 Å². The Morgan fingerprint density at radius 1 is 1.35 bits per heavy atom. The van der Waals surface area contributed by atoms with Gasteiger partial charge in [0.1, 0.15) is 5.76 Å². The number of nitrogens with two attached hydrogens (primary N) is 1. The van der Waals surface area contributed by atoms with Gasteiger partial charge >= 0.3 is 0 Å². The SMILES string of the molecule is NNC(CCc1cccnc1)Cc1ccco1. The summed E-state index contributed by atoms with van der Waals surface area (Å²) in [5.74, 6) is 6.50. The topological polar surface area (TPSA) is 64.1 Å². The summed E-state index contributed by atoms with van der Waals surface area (Å²) in [5.41, 5.74) is 4.06. The highest BCUT2D eigenvalue weighted by molar-refractivity contribution is 5.09. The van der Waals surface area contributed by atoms with Gasteiger partial charge in [-0.1, -0.05) is 6.07 Å². The minimum atomic E-state index is 0.223. The molecule has 0 saturated carbocycles. The number of pyridine rings is 1. The zero-order valence-electron chi connectivity index (χ0n) is 9.67. The molecule has 2 rings (SSSR count). The Hall–Kier alpha value is -1.65. The van der Waals surface area contributed by atoms with Gasteiger partial charge in [-0.25, -0.2) is 0 Å². The van der Waals surface area contributed by atoms with Crippen molar-refractivity contribution in [2.24, 2.45) is 5.84 Å². The van der Waals surface area contributed by atoms with Crippen molar-refractivity contribution in [3.05, 3.63) is 54.2 Å². The first kappa shape index (κ1) is 11.8. The van der Waals surface area contributed by atoms with Crippen molar-refractivity contribution < 1.29 is 4.42 Å². The number of hydrogen-bond acceptors (Lipinski definition) is 4. The Morgan fingerprint density at radius 3 is 2.94 bits per heavy atom. The summed E-state index contributed by atoms with van der Waals surface area (Å²) in [6.07, 6.45) is 8.09. The van der Waals surface area contributed by atoms with Gasteiger partial charge in [0.15, 0.2) is 0 Å². The molecule has 0 radical (unpaired) electrons. The number of nitrogens with zero attached hydrogens (tertiary/aromatic N) is 1. The van der Waals surface area contributed by atoms with Crippen LogP contribution in [0.25, 0.3) is 0 Å². The summed E-state index contributed by atoms with van der Waals surface area (Å²) in [6, 6.07) is 8.11. The van der Waals surface area contributed by atoms with Crippen LogP contribution >= 0.6 is 0 Å². The first-order valence-corrected chi connectivity index (χ1v) is 5.76. The van der Waals surface area contributed by atoms with Crippen molar-refractivity contribution >= 4 is 0 Å². The second-order valence-electron chi connectivity index (χ2n) is 4.05. The molecule has 4 heteroatoms. The van der Waals surface area contributed by atoms with E-state index < -0.39 is 0 Å². The first-order chi connectivity index (χ1) is 8.38. The molecule has 0 aliphatic heterocycles. The van der Waals surface area contributed by atoms with E-state index in [1.54, 1.807) is 12.5 Å². The summed E-state index contributed by atoms with van der Waals surface area (Å²) in [5, 5.41) is 0. The van der Waals surface area contributed by atoms with E-state index in [1.807, 2.05) is 24.4 Å². The largest absolute Gasteiger partial charge is 0.469 e. The minimum Gasteiger partial charge on any atom is -0.469 e. The van der Waals surface area contributed by atoms with Crippen molar-refractivity contribution in [2.45, 2.75) is 25.3 Å². The van der Waals surface area contributed by atoms with Crippen LogP contribution < -0.4 is 11.3 Å². The Bertz CT molecular complexity index is 413. The maximum absolute atomic E-state index is 5.55. The molecule has 3 N–H and O–H groups in total. The van der Waals surface area contributed by atoms with E-state index >= 15 is 0 Å². The predicted octanol–water partition coefficient (Wildman–Crippen LogP) is 1.68. The third-order valence-electron chi connectivity index (χ3n) is 2.77. The second kappa shape index (κ2) is 6.18. The van der Waals surface area contributed by atoms with Crippen LogP contribution in [0.1, 0.15) is 17.7 Å². The van der Waals surface area contributed by atoms with Gasteiger partial charge in [0, 0.05) is 24.9 Å². The van der Waals surface area contributed by atoms with Crippen molar-refractivity contribution in [3.63, 3.8) is 0 Å². The molecular formula is C13H17N3O. The van der Waals surface area contributed by atoms with Gasteiger partial charge in [-0.2, -0.15) is 0 Å². The van der Waals surface area contributed by atoms with Crippen LogP contribution in [0, 0.1) is 0 Å². The number of aromatic nitrogens is 1. The van der Waals surface area contributed by atoms with Crippen LogP contribution in [0.5, 0.6) is 0 Å². The highest BCUT2D eigenvalue weighted by atomic mass is 16.3. The average Bonchev–Trinajstić information content (AvgIpc) is 2.88. The summed E-state index contributed by atoms with van der Waals surface area (Å²) >= 11 is 0. The summed E-state index contributed by atoms with van der Waals surface area (Å²) in [7, 11) is 0. The van der Waals surface area contributed by atoms with Gasteiger partial charge in [0.25, 0.3) is 0 Å². The van der Waals surface area contributed by atoms with Crippen LogP contribution in [0.3, 0.4) is 0 Å². The molecule has 0 aromatic carbocycles. The van der Waals surface area contributed by atoms with Gasteiger partial charge < -0.3 is 4.42 Å². The number of aryl methyl sites for hydroxylation is 1. The molecule has 2 aromatic rings. The van der Waals surface area contributed by atoms with E-state index in [0.717, 1.165) is 25.0 Å². The molecule has 17 heavy (non-hydrogen) atoms. The molecule has 4 nitrogen and oxygen atoms in total. The maximum atomic E-state index is 5.55. The van der Waals surface area contributed by atoms with Crippen molar-refractivity contribution in [1.82, 2.24) is 10.4 Å². The molecule has 0 amide bonds. The second-order valence-corrected chi connectivity index (χ2v) is 4.05. The maximum Gasteiger partial charge on any atom is 0.105 e. The minimum absolute atomic E-state index is 0.223. The number of hydrogen-bond donors (Lipinski definition) is 2. The molecule has 0 aliphatic rings. The van der Waals surface area contributed by atoms with Gasteiger partial charge in [0.2, 0.25) is 0 Å². The van der Waals surface area contributed by atoms with Crippen molar-refractivity contribution in [1.29, 1.82) is 0 Å². The summed E-state index contributed by atoms with van der Waals surface area (Å²) < 4.78 is 5.31. The highest BCUT2D eigenvalue weighted by Crippen LogP contribution is 2.09. The first-order valence-electron chi connectivity index (χ1n) is 5.76. The van der Waals surface area contributed by atoms with E-state index in [1.165, 1.54) is 5.56 Å². The smallest absolute Gasteiger partial charge is 0.105 e. The third kappa shape index (κ3) is 3.69. The Labute approximate surface area is 101 Å². The van der Waals surface area contributed by atoms with Crippen molar-refractivity contribution in [3.8, 4) is 0 Å². The van der Waals surface area contributed by atoms with E-state index in [9.17, 15) is 0 Å². The molecule has 1 unspecified atom stereocenters. The highest BCUT2D eigenvalue weighted by Gasteiger charge is 2.09. The quantitative estimate of drug-likeness (QED) is 0.586. The normalized spacial score (nSPS) is 12.5. The molecule has 0 saturated heterocycles. The summed E-state index contributed by atoms with van der Waals surface area (Å²) in [6.45, 7) is 0. The van der Waals surface area contributed by atoms with Gasteiger partial charge in [-0.15, -0.1) is 0 Å². The molecule has 1 atom stereocenters. The number of nitrogens with one attached hydrogen (secondary N) is 1. The monoisotopic (exact) mass is 231 g/mol. The van der Waals surface area contributed by atoms with Gasteiger partial charge in [-0.05, 0) is 36.6 Å². The third-order valence-corrected chi connectivity index (χ3v) is 2.77. The fraction of sp³-hybridized carbons (Fsp3) is 0.308. The number of furan rings is 1. The lowest BCUT2D eigenvalue weighted by Crippen LogP contribution is -2.37. The Balaban J connectivity index is 1.84. The van der Waals surface area contributed by atoms with E-state index in [2.05, 4.69) is 16.5 Å². The lowest BCUT2D eigenvalue weighted by Gasteiger charge is -2.14. The zero-order valence-corrected chi connectivity index (χ0v) is 9.67. The van der Waals surface area contributed by atoms with Gasteiger partial charge in [0.05, 0.1) is 6.26 Å². The molecule has 90 valence electrons. The predicted molar refractivity (Wildman–Crippen MR) is 66.1 cm³/mol. The summed E-state index contributed by atoms with van der Waals surface area (Å²) in [4.78, 5) is 4.09. The Kier molecular flexibility index (Phi) is 4.30. The molecule has 0 aliphatic carbocycles. The van der Waals surface area contributed by atoms with Crippen LogP contribution in [-0.4, -0.2) is 11.0 Å². The fourth-order valence-corrected chi connectivity index (χ4v) is 1.80. The molecule has 0 spiro atoms. The molecule has 0 fully saturated rings. The fourth-order valence-electron chi connectivity index (χ4n) is 1.80. The lowest BCUT2D eigenvalue weighted by atomic mass is 10.0. The molecule has 0 bridgehead atoms. The molecule has 2 heterocycles. The lowest BCUT2D eigenvalue weighted by molar-refractivity contribution is 0.430. The van der Waals surface area contributed by atoms with E-state index in [-0.39, 0.29) is 6.04 Å². The molecule has 2 aromatic heterocycles. The Morgan fingerprint density at radius 2 is 2.29 bits per heavy atom. The average molecular weight is 231 g/mol. The van der Waals surface area contributed by atoms with Crippen LogP contribution in [0.15, 0.2) is 47.3 Å². The van der Waals surface area contributed by atoms with Gasteiger partial charge in [-0.3, -0.25) is 16.3 Å². The van der Waals surface area contributed by atoms with Crippen molar-refractivity contribution in [2.75, 3.05) is 0 Å². The zero-order chi connectivity index (χ0) is 11.9. The number of hydrazine groups is 1. The van der Waals surface area contributed by atoms with Crippen LogP contribution in [0.4, 0.5) is 0 Å². The number of rotatable bonds is 6.